The maximum Gasteiger partial charge on any atom is 0.233 e. The van der Waals surface area contributed by atoms with Gasteiger partial charge in [-0.25, -0.2) is 0 Å². The van der Waals surface area contributed by atoms with Gasteiger partial charge in [0.25, 0.3) is 0 Å². The number of nitrogens with zero attached hydrogens (tertiary/aromatic N) is 2. The molecular formula is C20H24N2O2. The number of aliphatic hydroxyl groups excluding tert-OH is 1. The summed E-state index contributed by atoms with van der Waals surface area (Å²) < 4.78 is 0. The summed E-state index contributed by atoms with van der Waals surface area (Å²) in [7, 11) is 0. The van der Waals surface area contributed by atoms with Crippen LogP contribution in [0.5, 0.6) is 0 Å². The van der Waals surface area contributed by atoms with Gasteiger partial charge in [0.2, 0.25) is 5.91 Å². The minimum Gasteiger partial charge on any atom is -0.395 e. The number of fused-ring (bicyclic) bond motifs is 1. The van der Waals surface area contributed by atoms with Gasteiger partial charge in [-0.1, -0.05) is 30.3 Å². The summed E-state index contributed by atoms with van der Waals surface area (Å²) in [4.78, 5) is 19.3. The Bertz CT molecular complexity index is 702. The first-order valence-corrected chi connectivity index (χ1v) is 8.52. The van der Waals surface area contributed by atoms with E-state index < -0.39 is 5.41 Å². The molecular weight excluding hydrogens is 300 g/mol. The Morgan fingerprint density at radius 1 is 1.29 bits per heavy atom. The van der Waals surface area contributed by atoms with Crippen LogP contribution >= 0.6 is 0 Å². The lowest BCUT2D eigenvalue weighted by Gasteiger charge is -2.38. The van der Waals surface area contributed by atoms with E-state index in [9.17, 15) is 9.90 Å². The van der Waals surface area contributed by atoms with Crippen LogP contribution in [0.2, 0.25) is 0 Å². The van der Waals surface area contributed by atoms with Crippen LogP contribution in [0.3, 0.4) is 0 Å². The smallest absolute Gasteiger partial charge is 0.233 e. The molecule has 0 radical (unpaired) electrons. The summed E-state index contributed by atoms with van der Waals surface area (Å²) in [5.74, 6) is 0.0903. The van der Waals surface area contributed by atoms with Gasteiger partial charge in [-0.3, -0.25) is 9.78 Å². The molecule has 1 N–H and O–H groups in total. The number of aromatic nitrogens is 1. The molecule has 1 amide bonds. The van der Waals surface area contributed by atoms with Crippen LogP contribution in [0.15, 0.2) is 48.8 Å². The Balaban J connectivity index is 1.90. The lowest BCUT2D eigenvalue weighted by Crippen LogP contribution is -2.47. The van der Waals surface area contributed by atoms with Gasteiger partial charge >= 0.3 is 0 Å². The number of amides is 1. The van der Waals surface area contributed by atoms with Gasteiger partial charge in [0, 0.05) is 25.5 Å². The fourth-order valence-corrected chi connectivity index (χ4v) is 3.70. The number of benzene rings is 1. The van der Waals surface area contributed by atoms with E-state index in [-0.39, 0.29) is 12.5 Å². The van der Waals surface area contributed by atoms with Crippen molar-refractivity contribution >= 4 is 5.91 Å². The van der Waals surface area contributed by atoms with Gasteiger partial charge in [-0.05, 0) is 48.9 Å². The quantitative estimate of drug-likeness (QED) is 0.920. The zero-order valence-corrected chi connectivity index (χ0v) is 14.1. The highest BCUT2D eigenvalue weighted by Crippen LogP contribution is 2.38. The number of carbonyl (C=O) groups excluding carboxylic acids is 1. The number of aryl methyl sites for hydroxylation is 1. The number of pyridine rings is 1. The van der Waals surface area contributed by atoms with E-state index in [1.165, 1.54) is 5.56 Å². The van der Waals surface area contributed by atoms with Crippen molar-refractivity contribution in [2.75, 3.05) is 13.2 Å². The van der Waals surface area contributed by atoms with Gasteiger partial charge < -0.3 is 10.0 Å². The Hall–Kier alpha value is -2.20. The van der Waals surface area contributed by atoms with Crippen molar-refractivity contribution in [3.8, 4) is 0 Å². The summed E-state index contributed by atoms with van der Waals surface area (Å²) in [6.07, 6.45) is 6.38. The zero-order valence-electron chi connectivity index (χ0n) is 14.1. The van der Waals surface area contributed by atoms with Crippen LogP contribution in [0.1, 0.15) is 36.5 Å². The van der Waals surface area contributed by atoms with Crippen LogP contribution in [-0.2, 0) is 23.2 Å². The van der Waals surface area contributed by atoms with E-state index >= 15 is 0 Å². The number of rotatable bonds is 5. The molecule has 1 atom stereocenters. The molecule has 0 fully saturated rings. The number of carbonyl (C=O) groups is 1. The third kappa shape index (κ3) is 3.20. The minimum atomic E-state index is -0.522. The second kappa shape index (κ2) is 7.14. The normalized spacial score (nSPS) is 19.6. The van der Waals surface area contributed by atoms with Gasteiger partial charge in [0.1, 0.15) is 0 Å². The monoisotopic (exact) mass is 324 g/mol. The van der Waals surface area contributed by atoms with Crippen LogP contribution in [0.25, 0.3) is 0 Å². The standard InChI is InChI=1S/C20H24N2O2/c1-20(10-4-8-17-7-2-3-9-18(17)20)19(24)22(12-13-23)15-16-6-5-11-21-14-16/h2-3,5-7,9,11,14,23H,4,8,10,12-13,15H2,1H3. The summed E-state index contributed by atoms with van der Waals surface area (Å²) in [6.45, 7) is 2.82. The highest BCUT2D eigenvalue weighted by Gasteiger charge is 2.41. The molecule has 4 nitrogen and oxygen atoms in total. The van der Waals surface area contributed by atoms with E-state index in [1.807, 2.05) is 31.2 Å². The molecule has 1 aliphatic carbocycles. The lowest BCUT2D eigenvalue weighted by molar-refractivity contribution is -0.138. The maximum atomic E-state index is 13.4. The first-order valence-electron chi connectivity index (χ1n) is 8.52. The minimum absolute atomic E-state index is 0.0380. The molecule has 1 aromatic heterocycles. The molecule has 0 bridgehead atoms. The van der Waals surface area contributed by atoms with E-state index in [4.69, 9.17) is 0 Å². The molecule has 1 aromatic carbocycles. The predicted molar refractivity (Wildman–Crippen MR) is 93.5 cm³/mol. The van der Waals surface area contributed by atoms with E-state index in [1.54, 1.807) is 17.3 Å². The molecule has 126 valence electrons. The van der Waals surface area contributed by atoms with Crippen molar-refractivity contribution in [1.82, 2.24) is 9.88 Å². The molecule has 24 heavy (non-hydrogen) atoms. The van der Waals surface area contributed by atoms with E-state index in [0.717, 1.165) is 30.4 Å². The van der Waals surface area contributed by atoms with Crippen molar-refractivity contribution < 1.29 is 9.90 Å². The summed E-state index contributed by atoms with van der Waals surface area (Å²) in [6, 6.07) is 12.1. The van der Waals surface area contributed by atoms with Gasteiger partial charge in [0.15, 0.2) is 0 Å². The molecule has 1 unspecified atom stereocenters. The average molecular weight is 324 g/mol. The average Bonchev–Trinajstić information content (AvgIpc) is 2.62. The van der Waals surface area contributed by atoms with E-state index in [2.05, 4.69) is 17.1 Å². The summed E-state index contributed by atoms with van der Waals surface area (Å²) in [5, 5.41) is 9.43. The van der Waals surface area contributed by atoms with Crippen molar-refractivity contribution in [2.24, 2.45) is 0 Å². The number of aliphatic hydroxyl groups is 1. The molecule has 1 heterocycles. The second-order valence-corrected chi connectivity index (χ2v) is 6.65. The third-order valence-electron chi connectivity index (χ3n) is 4.96. The van der Waals surface area contributed by atoms with Gasteiger partial charge in [-0.2, -0.15) is 0 Å². The summed E-state index contributed by atoms with van der Waals surface area (Å²) in [5.41, 5.74) is 2.86. The van der Waals surface area contributed by atoms with Crippen molar-refractivity contribution in [3.63, 3.8) is 0 Å². The molecule has 0 aliphatic heterocycles. The fourth-order valence-electron chi connectivity index (χ4n) is 3.70. The van der Waals surface area contributed by atoms with Crippen LogP contribution in [0.4, 0.5) is 0 Å². The second-order valence-electron chi connectivity index (χ2n) is 6.65. The molecule has 3 rings (SSSR count). The van der Waals surface area contributed by atoms with Crippen LogP contribution < -0.4 is 0 Å². The zero-order chi connectivity index (χ0) is 17.0. The SMILES string of the molecule is CC1(C(=O)N(CCO)Cc2cccnc2)CCCc2ccccc21. The first kappa shape index (κ1) is 16.7. The Kier molecular flexibility index (Phi) is 4.95. The Labute approximate surface area is 143 Å². The number of hydrogen-bond donors (Lipinski definition) is 1. The first-order chi connectivity index (χ1) is 11.6. The van der Waals surface area contributed by atoms with Gasteiger partial charge in [-0.15, -0.1) is 0 Å². The highest BCUT2D eigenvalue weighted by atomic mass is 16.3. The molecule has 2 aromatic rings. The van der Waals surface area contributed by atoms with Crippen molar-refractivity contribution in [3.05, 3.63) is 65.5 Å². The van der Waals surface area contributed by atoms with Crippen molar-refractivity contribution in [2.45, 2.75) is 38.1 Å². The van der Waals surface area contributed by atoms with Crippen LogP contribution in [-0.4, -0.2) is 34.0 Å². The third-order valence-corrected chi connectivity index (χ3v) is 4.96. The Morgan fingerprint density at radius 2 is 2.12 bits per heavy atom. The molecule has 0 saturated carbocycles. The van der Waals surface area contributed by atoms with Gasteiger partial charge in [0.05, 0.1) is 12.0 Å². The topological polar surface area (TPSA) is 53.4 Å². The van der Waals surface area contributed by atoms with Crippen LogP contribution in [0, 0.1) is 0 Å². The maximum absolute atomic E-state index is 13.4. The molecule has 1 aliphatic rings. The fraction of sp³-hybridized carbons (Fsp3) is 0.400. The lowest BCUT2D eigenvalue weighted by atomic mass is 9.70. The predicted octanol–water partition coefficient (Wildman–Crippen LogP) is 2.70. The Morgan fingerprint density at radius 3 is 2.88 bits per heavy atom. The molecule has 0 saturated heterocycles. The molecule has 0 spiro atoms. The molecule has 4 heteroatoms. The van der Waals surface area contributed by atoms with E-state index in [0.29, 0.717) is 13.1 Å². The number of hydrogen-bond acceptors (Lipinski definition) is 3. The summed E-state index contributed by atoms with van der Waals surface area (Å²) >= 11 is 0. The largest absolute Gasteiger partial charge is 0.395 e. The highest BCUT2D eigenvalue weighted by molar-refractivity contribution is 5.88. The van der Waals surface area contributed by atoms with Crippen molar-refractivity contribution in [1.29, 1.82) is 0 Å².